The summed E-state index contributed by atoms with van der Waals surface area (Å²) in [4.78, 5) is 0. The topological polar surface area (TPSA) is 35.2 Å². The average molecular weight is 314 g/mol. The van der Waals surface area contributed by atoms with Crippen LogP contribution in [0.4, 0.5) is 14.5 Å². The second-order valence-electron chi connectivity index (χ2n) is 3.63. The predicted octanol–water partition coefficient (Wildman–Crippen LogP) is 4.76. The van der Waals surface area contributed by atoms with Crippen molar-refractivity contribution in [2.75, 3.05) is 5.73 Å². The van der Waals surface area contributed by atoms with Crippen LogP contribution in [0.1, 0.15) is 12.0 Å². The van der Waals surface area contributed by atoms with E-state index in [1.54, 1.807) is 18.2 Å². The van der Waals surface area contributed by atoms with E-state index >= 15 is 0 Å². The highest BCUT2D eigenvalue weighted by atomic mass is 79.9. The lowest BCUT2D eigenvalue weighted by molar-refractivity contribution is 0.148. The molecule has 0 aliphatic heterocycles. The number of ether oxygens (including phenoxy) is 1. The number of nitrogens with two attached hydrogens (primary N) is 1. The Kier molecular flexibility index (Phi) is 3.81. The molecule has 0 saturated heterocycles. The molecule has 2 rings (SSSR count). The Morgan fingerprint density at radius 3 is 2.44 bits per heavy atom. The Morgan fingerprint density at radius 1 is 1.06 bits per heavy atom. The molecule has 0 atom stereocenters. The molecule has 0 aromatic heterocycles. The third-order valence-corrected chi connectivity index (χ3v) is 2.98. The summed E-state index contributed by atoms with van der Waals surface area (Å²) in [5, 5.41) is 0. The first-order valence-electron chi connectivity index (χ1n) is 5.18. The van der Waals surface area contributed by atoms with Crippen LogP contribution in [0.3, 0.4) is 0 Å². The zero-order chi connectivity index (χ0) is 13.1. The number of hydrogen-bond donors (Lipinski definition) is 1. The molecule has 2 N–H and O–H groups in total. The molecule has 0 bridgehead atoms. The summed E-state index contributed by atoms with van der Waals surface area (Å²) in [5.74, 6) is 0.579. The monoisotopic (exact) mass is 313 g/mol. The van der Waals surface area contributed by atoms with E-state index in [9.17, 15) is 8.78 Å². The van der Waals surface area contributed by atoms with Crippen LogP contribution in [0.15, 0.2) is 46.9 Å². The van der Waals surface area contributed by atoms with Crippen molar-refractivity contribution >= 4 is 21.6 Å². The second-order valence-corrected chi connectivity index (χ2v) is 4.48. The Balaban J connectivity index is 2.37. The predicted molar refractivity (Wildman–Crippen MR) is 70.0 cm³/mol. The van der Waals surface area contributed by atoms with Gasteiger partial charge in [-0.15, -0.1) is 0 Å². The van der Waals surface area contributed by atoms with Crippen LogP contribution in [0.25, 0.3) is 0 Å². The standard InChI is InChI=1S/C13H10BrF2NO/c14-10-3-1-2-4-12(10)18-11-6-5-8(17)7-9(11)13(15)16/h1-7,13H,17H2. The zero-order valence-electron chi connectivity index (χ0n) is 9.24. The quantitative estimate of drug-likeness (QED) is 0.829. The van der Waals surface area contributed by atoms with Crippen molar-refractivity contribution < 1.29 is 13.5 Å². The van der Waals surface area contributed by atoms with Gasteiger partial charge >= 0.3 is 0 Å². The van der Waals surface area contributed by atoms with Crippen molar-refractivity contribution in [3.63, 3.8) is 0 Å². The van der Waals surface area contributed by atoms with Gasteiger partial charge in [0.25, 0.3) is 6.43 Å². The molecule has 0 heterocycles. The smallest absolute Gasteiger partial charge is 0.267 e. The van der Waals surface area contributed by atoms with Gasteiger partial charge < -0.3 is 10.5 Å². The summed E-state index contributed by atoms with van der Waals surface area (Å²) in [6.45, 7) is 0. The van der Waals surface area contributed by atoms with Gasteiger partial charge in [0.2, 0.25) is 0 Å². The van der Waals surface area contributed by atoms with E-state index in [2.05, 4.69) is 15.9 Å². The molecule has 94 valence electrons. The van der Waals surface area contributed by atoms with E-state index in [0.29, 0.717) is 10.2 Å². The molecule has 0 aliphatic rings. The fourth-order valence-electron chi connectivity index (χ4n) is 1.48. The van der Waals surface area contributed by atoms with E-state index < -0.39 is 6.43 Å². The molecule has 0 spiro atoms. The van der Waals surface area contributed by atoms with Crippen LogP contribution < -0.4 is 10.5 Å². The SMILES string of the molecule is Nc1ccc(Oc2ccccc2Br)c(C(F)F)c1. The van der Waals surface area contributed by atoms with Gasteiger partial charge in [-0.25, -0.2) is 8.78 Å². The molecule has 0 fully saturated rings. The second kappa shape index (κ2) is 5.35. The van der Waals surface area contributed by atoms with Gasteiger partial charge in [-0.05, 0) is 46.3 Å². The summed E-state index contributed by atoms with van der Waals surface area (Å²) in [6.07, 6.45) is -2.63. The van der Waals surface area contributed by atoms with Crippen molar-refractivity contribution in [1.82, 2.24) is 0 Å². The average Bonchev–Trinajstić information content (AvgIpc) is 2.34. The minimum Gasteiger partial charge on any atom is -0.456 e. The van der Waals surface area contributed by atoms with Crippen molar-refractivity contribution in [3.05, 3.63) is 52.5 Å². The normalized spacial score (nSPS) is 10.7. The van der Waals surface area contributed by atoms with Crippen molar-refractivity contribution in [3.8, 4) is 11.5 Å². The van der Waals surface area contributed by atoms with E-state index in [4.69, 9.17) is 10.5 Å². The molecule has 2 nitrogen and oxygen atoms in total. The number of nitrogen functional groups attached to an aromatic ring is 1. The van der Waals surface area contributed by atoms with Crippen LogP contribution in [-0.2, 0) is 0 Å². The highest BCUT2D eigenvalue weighted by Gasteiger charge is 2.15. The number of para-hydroxylation sites is 1. The Morgan fingerprint density at radius 2 is 1.78 bits per heavy atom. The Hall–Kier alpha value is -1.62. The Labute approximate surface area is 112 Å². The van der Waals surface area contributed by atoms with Gasteiger partial charge in [0.15, 0.2) is 0 Å². The summed E-state index contributed by atoms with van der Waals surface area (Å²) < 4.78 is 31.9. The molecule has 18 heavy (non-hydrogen) atoms. The number of alkyl halides is 2. The summed E-state index contributed by atoms with van der Waals surface area (Å²) >= 11 is 3.29. The molecule has 0 saturated carbocycles. The maximum Gasteiger partial charge on any atom is 0.267 e. The highest BCUT2D eigenvalue weighted by Crippen LogP contribution is 2.36. The fourth-order valence-corrected chi connectivity index (χ4v) is 1.84. The first-order chi connectivity index (χ1) is 8.58. The van der Waals surface area contributed by atoms with Crippen LogP contribution in [0.5, 0.6) is 11.5 Å². The van der Waals surface area contributed by atoms with E-state index in [-0.39, 0.29) is 17.0 Å². The maximum atomic E-state index is 12.9. The molecule has 0 amide bonds. The number of halogens is 3. The highest BCUT2D eigenvalue weighted by molar-refractivity contribution is 9.10. The van der Waals surface area contributed by atoms with E-state index in [1.165, 1.54) is 18.2 Å². The molecular formula is C13H10BrF2NO. The number of hydrogen-bond acceptors (Lipinski definition) is 2. The van der Waals surface area contributed by atoms with Crippen molar-refractivity contribution in [1.29, 1.82) is 0 Å². The lowest BCUT2D eigenvalue weighted by atomic mass is 10.2. The molecule has 2 aromatic carbocycles. The van der Waals surface area contributed by atoms with Gasteiger partial charge in [0, 0.05) is 5.69 Å². The summed E-state index contributed by atoms with van der Waals surface area (Å²) in [6, 6.07) is 11.2. The minimum atomic E-state index is -2.63. The first kappa shape index (κ1) is 12.8. The molecule has 0 unspecified atom stereocenters. The van der Waals surface area contributed by atoms with Crippen LogP contribution in [-0.4, -0.2) is 0 Å². The maximum absolute atomic E-state index is 12.9. The van der Waals surface area contributed by atoms with Gasteiger partial charge in [0.1, 0.15) is 11.5 Å². The molecular weight excluding hydrogens is 304 g/mol. The fraction of sp³-hybridized carbons (Fsp3) is 0.0769. The van der Waals surface area contributed by atoms with Gasteiger partial charge in [-0.2, -0.15) is 0 Å². The lowest BCUT2D eigenvalue weighted by Gasteiger charge is -2.12. The first-order valence-corrected chi connectivity index (χ1v) is 5.97. The van der Waals surface area contributed by atoms with E-state index in [1.807, 2.05) is 6.07 Å². The van der Waals surface area contributed by atoms with Crippen LogP contribution >= 0.6 is 15.9 Å². The van der Waals surface area contributed by atoms with Gasteiger partial charge in [-0.1, -0.05) is 12.1 Å². The molecule has 5 heteroatoms. The van der Waals surface area contributed by atoms with Crippen molar-refractivity contribution in [2.24, 2.45) is 0 Å². The molecule has 0 aliphatic carbocycles. The summed E-state index contributed by atoms with van der Waals surface area (Å²) in [5.41, 5.74) is 5.56. The van der Waals surface area contributed by atoms with Crippen LogP contribution in [0.2, 0.25) is 0 Å². The zero-order valence-corrected chi connectivity index (χ0v) is 10.8. The Bertz CT molecular complexity index is 560. The summed E-state index contributed by atoms with van der Waals surface area (Å²) in [7, 11) is 0. The third kappa shape index (κ3) is 2.79. The number of rotatable bonds is 3. The lowest BCUT2D eigenvalue weighted by Crippen LogP contribution is -1.95. The van der Waals surface area contributed by atoms with Gasteiger partial charge in [-0.3, -0.25) is 0 Å². The third-order valence-electron chi connectivity index (χ3n) is 2.33. The number of benzene rings is 2. The van der Waals surface area contributed by atoms with Crippen LogP contribution in [0, 0.1) is 0 Å². The van der Waals surface area contributed by atoms with E-state index in [0.717, 1.165) is 0 Å². The van der Waals surface area contributed by atoms with Gasteiger partial charge in [0.05, 0.1) is 10.0 Å². The minimum absolute atomic E-state index is 0.103. The van der Waals surface area contributed by atoms with Crippen molar-refractivity contribution in [2.45, 2.75) is 6.43 Å². The molecule has 0 radical (unpaired) electrons. The largest absolute Gasteiger partial charge is 0.456 e. The number of anilines is 1. The molecule has 2 aromatic rings.